The van der Waals surface area contributed by atoms with Gasteiger partial charge < -0.3 is 9.32 Å². The second kappa shape index (κ2) is 9.78. The molecule has 0 aliphatic carbocycles. The summed E-state index contributed by atoms with van der Waals surface area (Å²) in [5.74, 6) is -1.53. The van der Waals surface area contributed by atoms with Crippen LogP contribution < -0.4 is 4.90 Å². The molecule has 5 rings (SSSR count). The van der Waals surface area contributed by atoms with E-state index in [1.54, 1.807) is 12.1 Å². The Morgan fingerprint density at radius 3 is 2.33 bits per heavy atom. The lowest BCUT2D eigenvalue weighted by Crippen LogP contribution is -2.54. The van der Waals surface area contributed by atoms with E-state index in [2.05, 4.69) is 45.8 Å². The SMILES string of the molecule is CC1(C)C(=O)N(Cc2ccc(-c3nnc(C(F)F)o3)cn2)C(=O)c2ccc(N3CCN(C(C)(C)C)CC3)cc21. The van der Waals surface area contributed by atoms with Crippen molar-refractivity contribution in [3.8, 4) is 11.5 Å². The number of amides is 2. The maximum atomic E-state index is 13.6. The lowest BCUT2D eigenvalue weighted by molar-refractivity contribution is -0.134. The molecule has 0 saturated carbocycles. The van der Waals surface area contributed by atoms with Crippen molar-refractivity contribution in [3.05, 3.63) is 59.2 Å². The van der Waals surface area contributed by atoms with Crippen molar-refractivity contribution in [2.45, 2.75) is 58.5 Å². The molecule has 0 spiro atoms. The monoisotopic (exact) mass is 538 g/mol. The van der Waals surface area contributed by atoms with Gasteiger partial charge in [0.05, 0.1) is 23.2 Å². The lowest BCUT2D eigenvalue weighted by Gasteiger charge is -2.43. The van der Waals surface area contributed by atoms with Crippen LogP contribution >= 0.6 is 0 Å². The zero-order valence-corrected chi connectivity index (χ0v) is 22.7. The minimum Gasteiger partial charge on any atom is -0.415 e. The number of rotatable bonds is 5. The maximum Gasteiger partial charge on any atom is 0.314 e. The molecule has 1 aromatic carbocycles. The number of pyridine rings is 1. The third-order valence-electron chi connectivity index (χ3n) is 7.54. The Hall–Kier alpha value is -3.73. The third-order valence-corrected chi connectivity index (χ3v) is 7.54. The van der Waals surface area contributed by atoms with Crippen molar-refractivity contribution >= 4 is 17.5 Å². The molecule has 4 heterocycles. The number of nitrogens with zero attached hydrogens (tertiary/aromatic N) is 6. The fraction of sp³-hybridized carbons (Fsp3) is 0.464. The van der Waals surface area contributed by atoms with Crippen molar-refractivity contribution < 1.29 is 22.8 Å². The van der Waals surface area contributed by atoms with E-state index in [1.165, 1.54) is 11.1 Å². The number of carbonyl (C=O) groups is 2. The van der Waals surface area contributed by atoms with E-state index < -0.39 is 17.7 Å². The van der Waals surface area contributed by atoms with Crippen molar-refractivity contribution in [1.82, 2.24) is 25.0 Å². The number of alkyl halides is 2. The van der Waals surface area contributed by atoms with Crippen LogP contribution in [0.5, 0.6) is 0 Å². The zero-order valence-electron chi connectivity index (χ0n) is 22.7. The van der Waals surface area contributed by atoms with Gasteiger partial charge in [0.15, 0.2) is 0 Å². The molecule has 0 bridgehead atoms. The van der Waals surface area contributed by atoms with Crippen molar-refractivity contribution in [2.24, 2.45) is 0 Å². The minimum atomic E-state index is -2.87. The predicted molar refractivity (Wildman–Crippen MR) is 140 cm³/mol. The van der Waals surface area contributed by atoms with Gasteiger partial charge in [0.1, 0.15) is 0 Å². The van der Waals surface area contributed by atoms with Crippen LogP contribution in [0.1, 0.15) is 68.6 Å². The number of carbonyl (C=O) groups excluding carboxylic acids is 2. The van der Waals surface area contributed by atoms with E-state index in [4.69, 9.17) is 4.42 Å². The molecule has 2 amide bonds. The molecule has 0 atom stereocenters. The van der Waals surface area contributed by atoms with Crippen LogP contribution in [0.15, 0.2) is 40.9 Å². The summed E-state index contributed by atoms with van der Waals surface area (Å²) < 4.78 is 30.5. The lowest BCUT2D eigenvalue weighted by atomic mass is 9.77. The normalized spacial score (nSPS) is 18.2. The number of benzene rings is 1. The number of hydrogen-bond acceptors (Lipinski definition) is 8. The molecule has 206 valence electrons. The summed E-state index contributed by atoms with van der Waals surface area (Å²) in [5.41, 5.74) is 2.25. The van der Waals surface area contributed by atoms with E-state index in [0.717, 1.165) is 37.4 Å². The van der Waals surface area contributed by atoms with Crippen LogP contribution in [0.2, 0.25) is 0 Å². The predicted octanol–water partition coefficient (Wildman–Crippen LogP) is 4.45. The summed E-state index contributed by atoms with van der Waals surface area (Å²) in [6.45, 7) is 13.9. The van der Waals surface area contributed by atoms with E-state index >= 15 is 0 Å². The molecule has 1 saturated heterocycles. The van der Waals surface area contributed by atoms with E-state index in [-0.39, 0.29) is 29.8 Å². The molecule has 0 unspecified atom stereocenters. The highest BCUT2D eigenvalue weighted by Gasteiger charge is 2.45. The first-order chi connectivity index (χ1) is 18.4. The van der Waals surface area contributed by atoms with Crippen molar-refractivity contribution in [2.75, 3.05) is 31.1 Å². The molecule has 9 nitrogen and oxygen atoms in total. The molecule has 2 aliphatic rings. The number of aromatic nitrogens is 3. The number of imide groups is 1. The number of fused-ring (bicyclic) bond motifs is 1. The summed E-state index contributed by atoms with van der Waals surface area (Å²) in [6.07, 6.45) is -1.47. The summed E-state index contributed by atoms with van der Waals surface area (Å²) in [6, 6.07) is 8.94. The molecule has 2 aromatic heterocycles. The number of halogens is 2. The first-order valence-corrected chi connectivity index (χ1v) is 12.9. The molecule has 39 heavy (non-hydrogen) atoms. The Kier molecular flexibility index (Phi) is 6.74. The van der Waals surface area contributed by atoms with Gasteiger partial charge in [0, 0.05) is 49.2 Å². The smallest absolute Gasteiger partial charge is 0.314 e. The van der Waals surface area contributed by atoms with Gasteiger partial charge >= 0.3 is 6.43 Å². The fourth-order valence-electron chi connectivity index (χ4n) is 5.15. The Morgan fingerprint density at radius 2 is 1.74 bits per heavy atom. The first kappa shape index (κ1) is 26.9. The standard InChI is InChI=1S/C28H32F2N6O3/c1-27(2,3)35-12-10-34(11-13-35)19-8-9-20-21(14-19)28(4,5)26(38)36(25(20)37)16-18-7-6-17(15-31-18)23-32-33-24(39-23)22(29)30/h6-9,14-15,22H,10-13,16H2,1-5H3. The topological polar surface area (TPSA) is 95.7 Å². The van der Waals surface area contributed by atoms with Gasteiger partial charge in [-0.2, -0.15) is 8.78 Å². The summed E-state index contributed by atoms with van der Waals surface area (Å²) in [5, 5.41) is 6.93. The molecular weight excluding hydrogens is 506 g/mol. The number of anilines is 1. The summed E-state index contributed by atoms with van der Waals surface area (Å²) >= 11 is 0. The Balaban J connectivity index is 1.34. The van der Waals surface area contributed by atoms with E-state index in [1.807, 2.05) is 32.0 Å². The highest BCUT2D eigenvalue weighted by molar-refractivity contribution is 6.13. The molecule has 3 aromatic rings. The molecule has 11 heteroatoms. The zero-order chi connectivity index (χ0) is 28.1. The Bertz CT molecular complexity index is 1390. The fourth-order valence-corrected chi connectivity index (χ4v) is 5.15. The highest BCUT2D eigenvalue weighted by atomic mass is 19.3. The second-order valence-corrected chi connectivity index (χ2v) is 11.5. The summed E-state index contributed by atoms with van der Waals surface area (Å²) in [7, 11) is 0. The van der Waals surface area contributed by atoms with Crippen LogP contribution in [0.25, 0.3) is 11.5 Å². The Morgan fingerprint density at radius 1 is 1.03 bits per heavy atom. The average molecular weight is 539 g/mol. The molecule has 2 aliphatic heterocycles. The number of hydrogen-bond donors (Lipinski definition) is 0. The van der Waals surface area contributed by atoms with Crippen molar-refractivity contribution in [1.29, 1.82) is 0 Å². The van der Waals surface area contributed by atoms with Crippen LogP contribution in [0.4, 0.5) is 14.5 Å². The van der Waals surface area contributed by atoms with E-state index in [9.17, 15) is 18.4 Å². The molecule has 0 radical (unpaired) electrons. The quantitative estimate of drug-likeness (QED) is 0.440. The van der Waals surface area contributed by atoms with Gasteiger partial charge in [-0.05, 0) is 70.5 Å². The van der Waals surface area contributed by atoms with Gasteiger partial charge in [-0.25, -0.2) is 0 Å². The maximum absolute atomic E-state index is 13.6. The van der Waals surface area contributed by atoms with E-state index in [0.29, 0.717) is 16.8 Å². The van der Waals surface area contributed by atoms with Gasteiger partial charge in [-0.15, -0.1) is 10.2 Å². The summed E-state index contributed by atoms with van der Waals surface area (Å²) in [4.78, 5) is 37.3. The largest absolute Gasteiger partial charge is 0.415 e. The molecule has 0 N–H and O–H groups in total. The van der Waals surface area contributed by atoms with Gasteiger partial charge in [0.25, 0.3) is 11.8 Å². The van der Waals surface area contributed by atoms with Gasteiger partial charge in [-0.3, -0.25) is 24.4 Å². The molecule has 1 fully saturated rings. The average Bonchev–Trinajstić information content (AvgIpc) is 3.41. The van der Waals surface area contributed by atoms with Crippen LogP contribution in [-0.4, -0.2) is 68.5 Å². The van der Waals surface area contributed by atoms with Crippen LogP contribution in [0.3, 0.4) is 0 Å². The van der Waals surface area contributed by atoms with Gasteiger partial charge in [-0.1, -0.05) is 0 Å². The molecular formula is C28H32F2N6O3. The Labute approximate surface area is 225 Å². The van der Waals surface area contributed by atoms with Crippen LogP contribution in [0, 0.1) is 0 Å². The van der Waals surface area contributed by atoms with Crippen molar-refractivity contribution in [3.63, 3.8) is 0 Å². The second-order valence-electron chi connectivity index (χ2n) is 11.5. The number of piperazine rings is 1. The highest BCUT2D eigenvalue weighted by Crippen LogP contribution is 2.38. The minimum absolute atomic E-state index is 0.0244. The third kappa shape index (κ3) is 5.03. The van der Waals surface area contributed by atoms with Crippen LogP contribution in [-0.2, 0) is 16.8 Å². The van der Waals surface area contributed by atoms with Gasteiger partial charge in [0.2, 0.25) is 11.8 Å². The first-order valence-electron chi connectivity index (χ1n) is 12.9.